The fourth-order valence-electron chi connectivity index (χ4n) is 4.77. The maximum absolute atomic E-state index is 2.50. The molecule has 0 radical (unpaired) electrons. The van der Waals surface area contributed by atoms with E-state index in [1.165, 1.54) is 6.42 Å². The lowest BCUT2D eigenvalue weighted by Crippen LogP contribution is -2.46. The van der Waals surface area contributed by atoms with Crippen LogP contribution in [0.25, 0.3) is 0 Å². The van der Waals surface area contributed by atoms with Crippen molar-refractivity contribution in [1.82, 2.24) is 0 Å². The molecular formula is C14H22. The number of hydrogen-bond donors (Lipinski definition) is 0. The third-order valence-electron chi connectivity index (χ3n) is 5.34. The summed E-state index contributed by atoms with van der Waals surface area (Å²) in [6.07, 6.45) is 10.9. The first-order chi connectivity index (χ1) is 6.81. The predicted octanol–water partition coefficient (Wildman–Crippen LogP) is 3.88. The lowest BCUT2D eigenvalue weighted by Gasteiger charge is -2.53. The Labute approximate surface area is 87.8 Å². The van der Waals surface area contributed by atoms with Crippen LogP contribution >= 0.6 is 0 Å². The molecular weight excluding hydrogens is 168 g/mol. The van der Waals surface area contributed by atoms with E-state index in [1.807, 2.05) is 0 Å². The van der Waals surface area contributed by atoms with Gasteiger partial charge in [-0.1, -0.05) is 19.1 Å². The van der Waals surface area contributed by atoms with E-state index in [4.69, 9.17) is 0 Å². The fraction of sp³-hybridized carbons (Fsp3) is 0.857. The third-order valence-corrected chi connectivity index (χ3v) is 5.34. The quantitative estimate of drug-likeness (QED) is 0.550. The van der Waals surface area contributed by atoms with Crippen molar-refractivity contribution in [1.29, 1.82) is 0 Å². The molecule has 0 aliphatic heterocycles. The molecule has 0 nitrogen and oxygen atoms in total. The molecule has 0 heterocycles. The van der Waals surface area contributed by atoms with E-state index < -0.39 is 0 Å². The van der Waals surface area contributed by atoms with Gasteiger partial charge in [-0.05, 0) is 68.1 Å². The molecule has 3 rings (SSSR count). The highest BCUT2D eigenvalue weighted by Gasteiger charge is 2.55. The smallest absolute Gasteiger partial charge is 0.0200 e. The molecule has 3 aliphatic rings. The molecule has 3 saturated carbocycles. The largest absolute Gasteiger partial charge is 0.0914 e. The van der Waals surface area contributed by atoms with Gasteiger partial charge in [-0.2, -0.15) is 0 Å². The van der Waals surface area contributed by atoms with Crippen LogP contribution in [0.2, 0.25) is 0 Å². The molecule has 0 saturated heterocycles. The second-order valence-corrected chi connectivity index (χ2v) is 5.88. The van der Waals surface area contributed by atoms with Crippen LogP contribution in [-0.4, -0.2) is 0 Å². The van der Waals surface area contributed by atoms with Gasteiger partial charge in [0.15, 0.2) is 0 Å². The minimum atomic E-state index is 0.936. The predicted molar refractivity (Wildman–Crippen MR) is 59.9 cm³/mol. The molecule has 0 aromatic carbocycles. The molecule has 0 N–H and O–H groups in total. The van der Waals surface area contributed by atoms with E-state index in [1.54, 1.807) is 19.3 Å². The first-order valence-electron chi connectivity index (χ1n) is 6.44. The summed E-state index contributed by atoms with van der Waals surface area (Å²) in [5.41, 5.74) is 0. The fourth-order valence-corrected chi connectivity index (χ4v) is 4.77. The molecule has 78 valence electrons. The van der Waals surface area contributed by atoms with Crippen LogP contribution in [0.5, 0.6) is 0 Å². The van der Waals surface area contributed by atoms with Crippen molar-refractivity contribution in [2.75, 3.05) is 0 Å². The lowest BCUT2D eigenvalue weighted by molar-refractivity contribution is -0.0278. The summed E-state index contributed by atoms with van der Waals surface area (Å²) in [6.45, 7) is 4.68. The van der Waals surface area contributed by atoms with Crippen molar-refractivity contribution in [2.24, 2.45) is 35.5 Å². The number of hydrogen-bond acceptors (Lipinski definition) is 0. The van der Waals surface area contributed by atoms with Crippen LogP contribution in [0.15, 0.2) is 12.2 Å². The summed E-state index contributed by atoms with van der Waals surface area (Å²) in [7, 11) is 0. The van der Waals surface area contributed by atoms with Gasteiger partial charge in [0.25, 0.3) is 0 Å². The summed E-state index contributed by atoms with van der Waals surface area (Å²) in [5.74, 6) is 6.41. The molecule has 0 aromatic rings. The highest BCUT2D eigenvalue weighted by Crippen LogP contribution is 2.63. The Morgan fingerprint density at radius 3 is 2.71 bits per heavy atom. The van der Waals surface area contributed by atoms with Crippen LogP contribution in [-0.2, 0) is 0 Å². The molecule has 0 aromatic heterocycles. The molecule has 3 fully saturated rings. The molecule has 3 aliphatic carbocycles. The first kappa shape index (κ1) is 9.00. The number of allylic oxidation sites excluding steroid dienone is 2. The zero-order valence-corrected chi connectivity index (χ0v) is 9.45. The van der Waals surface area contributed by atoms with Gasteiger partial charge >= 0.3 is 0 Å². The topological polar surface area (TPSA) is 0 Å². The van der Waals surface area contributed by atoms with Gasteiger partial charge in [0, 0.05) is 0 Å². The van der Waals surface area contributed by atoms with Gasteiger partial charge < -0.3 is 0 Å². The average Bonchev–Trinajstić information content (AvgIpc) is 2.45. The highest BCUT2D eigenvalue weighted by molar-refractivity contribution is 5.09. The van der Waals surface area contributed by atoms with Crippen molar-refractivity contribution < 1.29 is 0 Å². The molecule has 0 spiro atoms. The average molecular weight is 190 g/mol. The lowest BCUT2D eigenvalue weighted by atomic mass is 9.52. The van der Waals surface area contributed by atoms with Gasteiger partial charge in [-0.25, -0.2) is 0 Å². The monoisotopic (exact) mass is 190 g/mol. The maximum Gasteiger partial charge on any atom is -0.0200 e. The van der Waals surface area contributed by atoms with E-state index in [0.29, 0.717) is 0 Å². The second-order valence-electron chi connectivity index (χ2n) is 5.88. The Morgan fingerprint density at radius 1 is 1.07 bits per heavy atom. The molecule has 0 amide bonds. The first-order valence-corrected chi connectivity index (χ1v) is 6.44. The van der Waals surface area contributed by atoms with E-state index >= 15 is 0 Å². The van der Waals surface area contributed by atoms with Crippen molar-refractivity contribution in [3.63, 3.8) is 0 Å². The molecule has 0 bridgehead atoms. The van der Waals surface area contributed by atoms with Crippen molar-refractivity contribution >= 4 is 0 Å². The second kappa shape index (κ2) is 3.12. The van der Waals surface area contributed by atoms with E-state index in [2.05, 4.69) is 26.0 Å². The van der Waals surface area contributed by atoms with Crippen molar-refractivity contribution in [3.05, 3.63) is 12.2 Å². The minimum absolute atomic E-state index is 0.936. The Bertz CT molecular complexity index is 253. The van der Waals surface area contributed by atoms with Crippen LogP contribution < -0.4 is 0 Å². The summed E-state index contributed by atoms with van der Waals surface area (Å²) >= 11 is 0. The Kier molecular flexibility index (Phi) is 2.00. The Balaban J connectivity index is 1.82. The molecule has 14 heavy (non-hydrogen) atoms. The standard InChI is InChI=1S/C14H22/c1-3-4-10-7-9(2)12-6-5-11-8-13(10)14(11)12/h3-4,9-14H,5-8H2,1-2H3. The normalized spacial score (nSPS) is 55.9. The van der Waals surface area contributed by atoms with Gasteiger partial charge in [-0.15, -0.1) is 0 Å². The van der Waals surface area contributed by atoms with Gasteiger partial charge in [0.2, 0.25) is 0 Å². The number of rotatable bonds is 1. The van der Waals surface area contributed by atoms with Gasteiger partial charge in [0.1, 0.15) is 0 Å². The molecule has 0 heteroatoms. The van der Waals surface area contributed by atoms with Crippen LogP contribution in [0.3, 0.4) is 0 Å². The van der Waals surface area contributed by atoms with E-state index in [0.717, 1.165) is 35.5 Å². The molecule has 6 atom stereocenters. The van der Waals surface area contributed by atoms with Crippen LogP contribution in [0.4, 0.5) is 0 Å². The van der Waals surface area contributed by atoms with Crippen LogP contribution in [0.1, 0.15) is 39.5 Å². The third kappa shape index (κ3) is 1.06. The molecule has 6 unspecified atom stereocenters. The van der Waals surface area contributed by atoms with Crippen molar-refractivity contribution in [3.8, 4) is 0 Å². The summed E-state index contributed by atoms with van der Waals surface area (Å²) in [5, 5.41) is 0. The zero-order valence-electron chi connectivity index (χ0n) is 9.45. The van der Waals surface area contributed by atoms with Crippen molar-refractivity contribution in [2.45, 2.75) is 39.5 Å². The van der Waals surface area contributed by atoms with Gasteiger partial charge in [0.05, 0.1) is 0 Å². The highest BCUT2D eigenvalue weighted by atomic mass is 14.6. The Hall–Kier alpha value is -0.260. The zero-order chi connectivity index (χ0) is 9.71. The van der Waals surface area contributed by atoms with E-state index in [-0.39, 0.29) is 0 Å². The van der Waals surface area contributed by atoms with E-state index in [9.17, 15) is 0 Å². The summed E-state index contributed by atoms with van der Waals surface area (Å²) in [6, 6.07) is 0. The van der Waals surface area contributed by atoms with Gasteiger partial charge in [-0.3, -0.25) is 0 Å². The maximum atomic E-state index is 2.50. The SMILES string of the molecule is CC=CC1CC(C)C2CCC3CC1C32. The minimum Gasteiger partial charge on any atom is -0.0914 e. The summed E-state index contributed by atoms with van der Waals surface area (Å²) in [4.78, 5) is 0. The Morgan fingerprint density at radius 2 is 1.93 bits per heavy atom. The summed E-state index contributed by atoms with van der Waals surface area (Å²) < 4.78 is 0. The van der Waals surface area contributed by atoms with Crippen LogP contribution in [0, 0.1) is 35.5 Å².